The molecule has 0 bridgehead atoms. The highest BCUT2D eigenvalue weighted by Crippen LogP contribution is 2.39. The summed E-state index contributed by atoms with van der Waals surface area (Å²) in [6.07, 6.45) is 4.57. The SMILES string of the molecule is COCCn1c(N)c(C(=O)CN(C2CC2)C(C)C2CC2)c(=O)[nH]c1=O. The number of anilines is 1. The van der Waals surface area contributed by atoms with Crippen LogP contribution in [0.4, 0.5) is 5.82 Å². The van der Waals surface area contributed by atoms with Crippen LogP contribution in [-0.2, 0) is 11.3 Å². The maximum atomic E-state index is 12.8. The lowest BCUT2D eigenvalue weighted by atomic mass is 10.1. The molecule has 2 fully saturated rings. The number of rotatable bonds is 9. The number of ketones is 1. The van der Waals surface area contributed by atoms with Crippen LogP contribution in [0.2, 0.25) is 0 Å². The standard InChI is InChI=1S/C17H26N4O4/c1-10(11-3-4-11)21(12-5-6-12)9-13(22)14-15(18)20(7-8-25-2)17(24)19-16(14)23/h10-12H,3-9,18H2,1-2H3,(H,19,23,24). The minimum absolute atomic E-state index is 0.0781. The van der Waals surface area contributed by atoms with Gasteiger partial charge in [-0.3, -0.25) is 24.0 Å². The lowest BCUT2D eigenvalue weighted by molar-refractivity contribution is 0.0873. The number of ether oxygens (including phenoxy) is 1. The smallest absolute Gasteiger partial charge is 0.330 e. The number of H-pyrrole nitrogens is 1. The van der Waals surface area contributed by atoms with Gasteiger partial charge in [-0.25, -0.2) is 4.79 Å². The summed E-state index contributed by atoms with van der Waals surface area (Å²) in [6.45, 7) is 2.76. The van der Waals surface area contributed by atoms with E-state index in [2.05, 4.69) is 16.8 Å². The highest BCUT2D eigenvalue weighted by molar-refractivity contribution is 6.01. The molecule has 1 heterocycles. The fourth-order valence-corrected chi connectivity index (χ4v) is 3.37. The number of aromatic nitrogens is 2. The second-order valence-electron chi connectivity index (χ2n) is 7.07. The van der Waals surface area contributed by atoms with Crippen molar-refractivity contribution in [2.75, 3.05) is 26.0 Å². The van der Waals surface area contributed by atoms with Crippen molar-refractivity contribution in [1.82, 2.24) is 14.5 Å². The summed E-state index contributed by atoms with van der Waals surface area (Å²) in [5, 5.41) is 0. The molecule has 0 amide bonds. The van der Waals surface area contributed by atoms with Crippen LogP contribution in [0.1, 0.15) is 43.0 Å². The van der Waals surface area contributed by atoms with Crippen molar-refractivity contribution in [2.45, 2.75) is 51.2 Å². The molecule has 2 aliphatic carbocycles. The molecule has 2 aliphatic rings. The molecule has 25 heavy (non-hydrogen) atoms. The Morgan fingerprint density at radius 1 is 1.36 bits per heavy atom. The Kier molecular flexibility index (Phi) is 5.10. The third-order valence-corrected chi connectivity index (χ3v) is 5.21. The van der Waals surface area contributed by atoms with E-state index < -0.39 is 11.2 Å². The molecule has 138 valence electrons. The molecule has 1 atom stereocenters. The molecule has 0 aromatic carbocycles. The van der Waals surface area contributed by atoms with Crippen molar-refractivity contribution in [2.24, 2.45) is 5.92 Å². The number of carbonyl (C=O) groups excluding carboxylic acids is 1. The molecule has 0 spiro atoms. The summed E-state index contributed by atoms with van der Waals surface area (Å²) in [7, 11) is 1.51. The van der Waals surface area contributed by atoms with Gasteiger partial charge in [-0.2, -0.15) is 0 Å². The van der Waals surface area contributed by atoms with E-state index in [0.29, 0.717) is 18.0 Å². The maximum absolute atomic E-state index is 12.8. The molecule has 0 saturated heterocycles. The normalized spacial score (nSPS) is 18.5. The Hall–Kier alpha value is -1.93. The molecule has 3 rings (SSSR count). The van der Waals surface area contributed by atoms with Crippen molar-refractivity contribution in [1.29, 1.82) is 0 Å². The Morgan fingerprint density at radius 3 is 2.60 bits per heavy atom. The fraction of sp³-hybridized carbons (Fsp3) is 0.706. The predicted octanol–water partition coefficient (Wildman–Crippen LogP) is 0.211. The number of nitrogen functional groups attached to an aromatic ring is 1. The van der Waals surface area contributed by atoms with Crippen molar-refractivity contribution >= 4 is 11.6 Å². The van der Waals surface area contributed by atoms with E-state index in [1.54, 1.807) is 0 Å². The minimum atomic E-state index is -0.712. The highest BCUT2D eigenvalue weighted by Gasteiger charge is 2.40. The van der Waals surface area contributed by atoms with Gasteiger partial charge in [-0.15, -0.1) is 0 Å². The molecule has 1 aromatic rings. The lowest BCUT2D eigenvalue weighted by Gasteiger charge is -2.28. The molecule has 0 radical (unpaired) electrons. The van der Waals surface area contributed by atoms with Crippen LogP contribution in [0.15, 0.2) is 9.59 Å². The zero-order valence-electron chi connectivity index (χ0n) is 14.8. The summed E-state index contributed by atoms with van der Waals surface area (Å²) in [6, 6.07) is 0.746. The Morgan fingerprint density at radius 2 is 2.04 bits per heavy atom. The Bertz CT molecular complexity index is 761. The summed E-state index contributed by atoms with van der Waals surface area (Å²) in [4.78, 5) is 41.4. The first-order chi connectivity index (χ1) is 11.9. The van der Waals surface area contributed by atoms with E-state index in [1.165, 1.54) is 24.5 Å². The Labute approximate surface area is 146 Å². The monoisotopic (exact) mass is 350 g/mol. The van der Waals surface area contributed by atoms with E-state index >= 15 is 0 Å². The molecule has 1 unspecified atom stereocenters. The highest BCUT2D eigenvalue weighted by atomic mass is 16.5. The summed E-state index contributed by atoms with van der Waals surface area (Å²) >= 11 is 0. The van der Waals surface area contributed by atoms with Crippen LogP contribution in [0, 0.1) is 5.92 Å². The molecule has 3 N–H and O–H groups in total. The van der Waals surface area contributed by atoms with Gasteiger partial charge >= 0.3 is 5.69 Å². The van der Waals surface area contributed by atoms with Gasteiger partial charge in [-0.05, 0) is 38.5 Å². The molecule has 0 aliphatic heterocycles. The van der Waals surface area contributed by atoms with E-state index in [4.69, 9.17) is 10.5 Å². The summed E-state index contributed by atoms with van der Waals surface area (Å²) in [5.74, 6) is 0.231. The topological polar surface area (TPSA) is 110 Å². The zero-order chi connectivity index (χ0) is 18.1. The number of nitrogens with zero attached hydrogens (tertiary/aromatic N) is 2. The van der Waals surface area contributed by atoms with E-state index in [1.807, 2.05) is 0 Å². The van der Waals surface area contributed by atoms with E-state index in [0.717, 1.165) is 12.8 Å². The second kappa shape index (κ2) is 7.13. The van der Waals surface area contributed by atoms with E-state index in [9.17, 15) is 14.4 Å². The number of carbonyl (C=O) groups is 1. The van der Waals surface area contributed by atoms with Gasteiger partial charge in [0, 0.05) is 19.2 Å². The van der Waals surface area contributed by atoms with Gasteiger partial charge in [0.25, 0.3) is 5.56 Å². The molecule has 2 saturated carbocycles. The van der Waals surface area contributed by atoms with E-state index in [-0.39, 0.29) is 36.9 Å². The van der Waals surface area contributed by atoms with Gasteiger partial charge in [0.15, 0.2) is 5.78 Å². The van der Waals surface area contributed by atoms with Gasteiger partial charge in [0.2, 0.25) is 0 Å². The molecular weight excluding hydrogens is 324 g/mol. The molecule has 8 nitrogen and oxygen atoms in total. The van der Waals surface area contributed by atoms with Crippen molar-refractivity contribution < 1.29 is 9.53 Å². The Balaban J connectivity index is 1.85. The number of nitrogens with one attached hydrogen (secondary N) is 1. The molecule has 1 aromatic heterocycles. The third kappa shape index (κ3) is 3.85. The number of hydrogen-bond donors (Lipinski definition) is 2. The lowest BCUT2D eigenvalue weighted by Crippen LogP contribution is -2.43. The molecule has 8 heteroatoms. The van der Waals surface area contributed by atoms with Gasteiger partial charge < -0.3 is 10.5 Å². The van der Waals surface area contributed by atoms with Crippen LogP contribution in [-0.4, -0.2) is 52.6 Å². The zero-order valence-corrected chi connectivity index (χ0v) is 14.8. The first kappa shape index (κ1) is 17.9. The van der Waals surface area contributed by atoms with Crippen LogP contribution in [0.5, 0.6) is 0 Å². The summed E-state index contributed by atoms with van der Waals surface area (Å²) < 4.78 is 6.14. The number of aromatic amines is 1. The van der Waals surface area contributed by atoms with Crippen LogP contribution in [0.3, 0.4) is 0 Å². The quantitative estimate of drug-likeness (QED) is 0.616. The first-order valence-electron chi connectivity index (χ1n) is 8.84. The number of methoxy groups -OCH3 is 1. The third-order valence-electron chi connectivity index (χ3n) is 5.21. The van der Waals surface area contributed by atoms with Gasteiger partial charge in [0.05, 0.1) is 19.7 Å². The number of hydrogen-bond acceptors (Lipinski definition) is 6. The maximum Gasteiger partial charge on any atom is 0.330 e. The molecular formula is C17H26N4O4. The minimum Gasteiger partial charge on any atom is -0.384 e. The van der Waals surface area contributed by atoms with Crippen LogP contribution in [0.25, 0.3) is 0 Å². The number of nitrogens with two attached hydrogens (primary N) is 1. The van der Waals surface area contributed by atoms with Crippen LogP contribution >= 0.6 is 0 Å². The van der Waals surface area contributed by atoms with Crippen molar-refractivity contribution in [3.8, 4) is 0 Å². The second-order valence-corrected chi connectivity index (χ2v) is 7.07. The average molecular weight is 350 g/mol. The van der Waals surface area contributed by atoms with Crippen LogP contribution < -0.4 is 17.0 Å². The first-order valence-corrected chi connectivity index (χ1v) is 8.84. The fourth-order valence-electron chi connectivity index (χ4n) is 3.37. The van der Waals surface area contributed by atoms with Gasteiger partial charge in [0.1, 0.15) is 11.4 Å². The van der Waals surface area contributed by atoms with Gasteiger partial charge in [-0.1, -0.05) is 0 Å². The summed E-state index contributed by atoms with van der Waals surface area (Å²) in [5.41, 5.74) is 4.53. The average Bonchev–Trinajstić information content (AvgIpc) is 3.44. The number of Topliss-reactive ketones (excluding diaryl/α,β-unsaturated/α-hetero) is 1. The van der Waals surface area contributed by atoms with Crippen molar-refractivity contribution in [3.63, 3.8) is 0 Å². The predicted molar refractivity (Wildman–Crippen MR) is 93.9 cm³/mol. The van der Waals surface area contributed by atoms with Crippen molar-refractivity contribution in [3.05, 3.63) is 26.4 Å². The largest absolute Gasteiger partial charge is 0.384 e.